The van der Waals surface area contributed by atoms with Crippen molar-refractivity contribution in [3.8, 4) is 0 Å². The predicted molar refractivity (Wildman–Crippen MR) is 64.3 cm³/mol. The number of rotatable bonds is 6. The van der Waals surface area contributed by atoms with Gasteiger partial charge in [0.1, 0.15) is 0 Å². The van der Waals surface area contributed by atoms with Gasteiger partial charge in [-0.3, -0.25) is 0 Å². The molecular formula is C10H18N4OS. The molecule has 6 heteroatoms. The third kappa shape index (κ3) is 3.47. The molecule has 2 rings (SSSR count). The van der Waals surface area contributed by atoms with E-state index in [2.05, 4.69) is 27.4 Å². The van der Waals surface area contributed by atoms with Crippen LogP contribution in [-0.2, 0) is 13.1 Å². The molecule has 0 aliphatic carbocycles. The third-order valence-electron chi connectivity index (χ3n) is 2.62. The van der Waals surface area contributed by atoms with Gasteiger partial charge < -0.3 is 10.4 Å². The van der Waals surface area contributed by atoms with Crippen LogP contribution in [-0.4, -0.2) is 44.3 Å². The van der Waals surface area contributed by atoms with Crippen LogP contribution in [0.1, 0.15) is 18.5 Å². The van der Waals surface area contributed by atoms with Crippen molar-refractivity contribution in [3.63, 3.8) is 0 Å². The molecule has 0 saturated carbocycles. The van der Waals surface area contributed by atoms with Crippen LogP contribution in [0.15, 0.2) is 6.20 Å². The van der Waals surface area contributed by atoms with Gasteiger partial charge in [0.25, 0.3) is 0 Å². The summed E-state index contributed by atoms with van der Waals surface area (Å²) >= 11 is 2.05. The SMILES string of the molecule is OCCn1cc(CNCC2CCCS2)nn1. The van der Waals surface area contributed by atoms with Crippen LogP contribution in [0.4, 0.5) is 0 Å². The molecule has 1 saturated heterocycles. The van der Waals surface area contributed by atoms with Crippen LogP contribution in [0, 0.1) is 0 Å². The van der Waals surface area contributed by atoms with E-state index in [0.29, 0.717) is 6.54 Å². The predicted octanol–water partition coefficient (Wildman–Crippen LogP) is 0.256. The Morgan fingerprint density at radius 3 is 3.31 bits per heavy atom. The topological polar surface area (TPSA) is 63.0 Å². The molecule has 1 aromatic rings. The second-order valence-corrected chi connectivity index (χ2v) is 5.37. The maximum absolute atomic E-state index is 8.74. The number of aromatic nitrogens is 3. The Balaban J connectivity index is 1.67. The van der Waals surface area contributed by atoms with Crippen molar-refractivity contribution in [1.29, 1.82) is 0 Å². The highest BCUT2D eigenvalue weighted by molar-refractivity contribution is 8.00. The van der Waals surface area contributed by atoms with Gasteiger partial charge in [0.05, 0.1) is 18.8 Å². The van der Waals surface area contributed by atoms with E-state index in [9.17, 15) is 0 Å². The third-order valence-corrected chi connectivity index (χ3v) is 4.02. The van der Waals surface area contributed by atoms with E-state index in [1.165, 1.54) is 18.6 Å². The Bertz CT molecular complexity index is 312. The number of nitrogens with one attached hydrogen (secondary N) is 1. The summed E-state index contributed by atoms with van der Waals surface area (Å²) in [5.74, 6) is 1.30. The van der Waals surface area contributed by atoms with Crippen LogP contribution in [0.5, 0.6) is 0 Å². The van der Waals surface area contributed by atoms with Gasteiger partial charge >= 0.3 is 0 Å². The Morgan fingerprint density at radius 2 is 2.56 bits per heavy atom. The zero-order valence-electron chi connectivity index (χ0n) is 9.30. The monoisotopic (exact) mass is 242 g/mol. The Labute approximate surface area is 99.6 Å². The maximum Gasteiger partial charge on any atom is 0.0964 e. The number of nitrogens with zero attached hydrogens (tertiary/aromatic N) is 3. The number of aliphatic hydroxyl groups excluding tert-OH is 1. The first-order valence-corrected chi connectivity index (χ1v) is 6.75. The smallest absolute Gasteiger partial charge is 0.0964 e. The van der Waals surface area contributed by atoms with E-state index in [0.717, 1.165) is 24.0 Å². The van der Waals surface area contributed by atoms with Gasteiger partial charge in [0.2, 0.25) is 0 Å². The van der Waals surface area contributed by atoms with E-state index in [-0.39, 0.29) is 6.61 Å². The van der Waals surface area contributed by atoms with Crippen molar-refractivity contribution in [3.05, 3.63) is 11.9 Å². The summed E-state index contributed by atoms with van der Waals surface area (Å²) in [5.41, 5.74) is 0.941. The first-order valence-electron chi connectivity index (χ1n) is 5.70. The molecule has 1 aliphatic heterocycles. The second kappa shape index (κ2) is 6.22. The first-order chi connectivity index (χ1) is 7.88. The van der Waals surface area contributed by atoms with Crippen LogP contribution in [0.25, 0.3) is 0 Å². The summed E-state index contributed by atoms with van der Waals surface area (Å²) in [6.45, 7) is 2.44. The van der Waals surface area contributed by atoms with E-state index in [1.54, 1.807) is 4.68 Å². The van der Waals surface area contributed by atoms with Gasteiger partial charge in [0, 0.05) is 24.5 Å². The molecule has 1 aromatic heterocycles. The van der Waals surface area contributed by atoms with E-state index >= 15 is 0 Å². The average Bonchev–Trinajstić information content (AvgIpc) is 2.90. The van der Waals surface area contributed by atoms with Crippen LogP contribution < -0.4 is 5.32 Å². The molecule has 2 heterocycles. The standard InChI is InChI=1S/C10H18N4OS/c15-4-3-14-8-9(12-13-14)6-11-7-10-2-1-5-16-10/h8,10-11,15H,1-7H2. The fraction of sp³-hybridized carbons (Fsp3) is 0.800. The lowest BCUT2D eigenvalue weighted by Crippen LogP contribution is -2.22. The molecule has 16 heavy (non-hydrogen) atoms. The summed E-state index contributed by atoms with van der Waals surface area (Å²) in [6, 6.07) is 0. The fourth-order valence-corrected chi connectivity index (χ4v) is 3.03. The molecular weight excluding hydrogens is 224 g/mol. The highest BCUT2D eigenvalue weighted by Crippen LogP contribution is 2.25. The summed E-state index contributed by atoms with van der Waals surface area (Å²) in [6.07, 6.45) is 4.56. The van der Waals surface area contributed by atoms with Gasteiger partial charge in [-0.25, -0.2) is 4.68 Å². The Morgan fingerprint density at radius 1 is 1.62 bits per heavy atom. The van der Waals surface area contributed by atoms with Gasteiger partial charge in [-0.2, -0.15) is 11.8 Å². The minimum atomic E-state index is 0.106. The lowest BCUT2D eigenvalue weighted by atomic mass is 10.2. The zero-order chi connectivity index (χ0) is 11.2. The van der Waals surface area contributed by atoms with Crippen molar-refractivity contribution in [2.75, 3.05) is 18.9 Å². The molecule has 0 aromatic carbocycles. The minimum absolute atomic E-state index is 0.106. The van der Waals surface area contributed by atoms with Crippen molar-refractivity contribution in [1.82, 2.24) is 20.3 Å². The van der Waals surface area contributed by atoms with E-state index in [1.807, 2.05) is 6.20 Å². The van der Waals surface area contributed by atoms with E-state index < -0.39 is 0 Å². The Kier molecular flexibility index (Phi) is 4.62. The van der Waals surface area contributed by atoms with Crippen molar-refractivity contribution >= 4 is 11.8 Å². The summed E-state index contributed by atoms with van der Waals surface area (Å²) in [5, 5.41) is 20.9. The van der Waals surface area contributed by atoms with Crippen LogP contribution in [0.3, 0.4) is 0 Å². The van der Waals surface area contributed by atoms with Gasteiger partial charge in [-0.15, -0.1) is 5.10 Å². The van der Waals surface area contributed by atoms with Crippen molar-refractivity contribution in [2.45, 2.75) is 31.2 Å². The van der Waals surface area contributed by atoms with Gasteiger partial charge in [-0.05, 0) is 18.6 Å². The lowest BCUT2D eigenvalue weighted by molar-refractivity contribution is 0.268. The molecule has 0 amide bonds. The minimum Gasteiger partial charge on any atom is -0.394 e. The molecule has 1 aliphatic rings. The average molecular weight is 242 g/mol. The van der Waals surface area contributed by atoms with Gasteiger partial charge in [0.15, 0.2) is 0 Å². The maximum atomic E-state index is 8.74. The Hall–Kier alpha value is -0.590. The highest BCUT2D eigenvalue weighted by Gasteiger charge is 2.14. The normalized spacial score (nSPS) is 20.4. The first kappa shape index (κ1) is 11.9. The molecule has 0 spiro atoms. The molecule has 5 nitrogen and oxygen atoms in total. The zero-order valence-corrected chi connectivity index (χ0v) is 10.1. The summed E-state index contributed by atoms with van der Waals surface area (Å²) in [4.78, 5) is 0. The molecule has 90 valence electrons. The largest absolute Gasteiger partial charge is 0.394 e. The molecule has 0 radical (unpaired) electrons. The molecule has 1 fully saturated rings. The fourth-order valence-electron chi connectivity index (χ4n) is 1.80. The molecule has 1 atom stereocenters. The molecule has 0 bridgehead atoms. The number of thioether (sulfide) groups is 1. The highest BCUT2D eigenvalue weighted by atomic mass is 32.2. The number of hydrogen-bond donors (Lipinski definition) is 2. The molecule has 1 unspecified atom stereocenters. The van der Waals surface area contributed by atoms with Crippen LogP contribution in [0.2, 0.25) is 0 Å². The van der Waals surface area contributed by atoms with Crippen molar-refractivity contribution in [2.24, 2.45) is 0 Å². The van der Waals surface area contributed by atoms with Gasteiger partial charge in [-0.1, -0.05) is 5.21 Å². The lowest BCUT2D eigenvalue weighted by Gasteiger charge is -2.08. The summed E-state index contributed by atoms with van der Waals surface area (Å²) < 4.78 is 1.67. The van der Waals surface area contributed by atoms with Crippen molar-refractivity contribution < 1.29 is 5.11 Å². The molecule has 2 N–H and O–H groups in total. The quantitative estimate of drug-likeness (QED) is 0.749. The second-order valence-electron chi connectivity index (χ2n) is 3.96. The summed E-state index contributed by atoms with van der Waals surface area (Å²) in [7, 11) is 0. The number of hydrogen-bond acceptors (Lipinski definition) is 5. The van der Waals surface area contributed by atoms with Crippen LogP contribution >= 0.6 is 11.8 Å². The van der Waals surface area contributed by atoms with E-state index in [4.69, 9.17) is 5.11 Å². The number of aliphatic hydroxyl groups is 1.